The van der Waals surface area contributed by atoms with E-state index >= 15 is 0 Å². The number of likely N-dealkylation sites (tertiary alicyclic amines) is 2. The second-order valence-electron chi connectivity index (χ2n) is 12.3. The first-order valence-electron chi connectivity index (χ1n) is 15.5. The molecule has 2 aromatic carbocycles. The Hall–Kier alpha value is -4.79. The predicted molar refractivity (Wildman–Crippen MR) is 165 cm³/mol. The van der Waals surface area contributed by atoms with Crippen LogP contribution < -0.4 is 0 Å². The maximum atomic E-state index is 14.2. The van der Waals surface area contributed by atoms with Gasteiger partial charge in [0, 0.05) is 49.4 Å². The van der Waals surface area contributed by atoms with Crippen molar-refractivity contribution in [2.24, 2.45) is 5.92 Å². The molecule has 4 aromatic rings. The summed E-state index contributed by atoms with van der Waals surface area (Å²) in [6, 6.07) is 22.7. The standard InChI is InChI=1S/C36H35FN4O4/c1-45-35(44)36(21-24-12-14-27(37)15-13-24)32-26(22-41(36)33(42)25-9-3-2-4-10-25)19-30-29(32)20-31(34(43)39-17-7-8-18-39)40(30)23-28-11-5-6-16-38-28/h2-6,9-16,20,26,32H,7-8,17-19,21-23H2,1H3/t26-,32+,36+/m0/s1. The molecular formula is C36H35FN4O4. The Balaban J connectivity index is 1.39. The van der Waals surface area contributed by atoms with Gasteiger partial charge in [-0.15, -0.1) is 0 Å². The van der Waals surface area contributed by atoms with Crippen LogP contribution in [0.5, 0.6) is 0 Å². The van der Waals surface area contributed by atoms with Crippen molar-refractivity contribution in [2.45, 2.75) is 43.7 Å². The molecule has 8 nitrogen and oxygen atoms in total. The van der Waals surface area contributed by atoms with E-state index in [0.717, 1.165) is 29.8 Å². The zero-order chi connectivity index (χ0) is 31.1. The van der Waals surface area contributed by atoms with Gasteiger partial charge < -0.3 is 19.1 Å². The van der Waals surface area contributed by atoms with E-state index in [0.29, 0.717) is 49.4 Å². The molecule has 4 heterocycles. The molecule has 7 rings (SSSR count). The third-order valence-electron chi connectivity index (χ3n) is 9.77. The average molecular weight is 607 g/mol. The minimum Gasteiger partial charge on any atom is -0.467 e. The number of rotatable bonds is 7. The highest BCUT2D eigenvalue weighted by Crippen LogP contribution is 2.55. The second kappa shape index (κ2) is 11.6. The number of pyridine rings is 1. The van der Waals surface area contributed by atoms with Crippen molar-refractivity contribution < 1.29 is 23.5 Å². The summed E-state index contributed by atoms with van der Waals surface area (Å²) in [7, 11) is 1.34. The number of hydrogen-bond acceptors (Lipinski definition) is 5. The molecule has 3 atom stereocenters. The highest BCUT2D eigenvalue weighted by molar-refractivity contribution is 6.00. The molecule has 0 N–H and O–H groups in total. The highest BCUT2D eigenvalue weighted by Gasteiger charge is 2.64. The maximum Gasteiger partial charge on any atom is 0.332 e. The average Bonchev–Trinajstić information content (AvgIpc) is 3.86. The number of hydrogen-bond donors (Lipinski definition) is 0. The Kier molecular flexibility index (Phi) is 7.47. The van der Waals surface area contributed by atoms with E-state index in [-0.39, 0.29) is 30.0 Å². The number of benzene rings is 2. The topological polar surface area (TPSA) is 84.7 Å². The summed E-state index contributed by atoms with van der Waals surface area (Å²) >= 11 is 0. The Morgan fingerprint density at radius 2 is 1.69 bits per heavy atom. The van der Waals surface area contributed by atoms with Crippen LogP contribution in [-0.2, 0) is 28.9 Å². The van der Waals surface area contributed by atoms with Gasteiger partial charge in [-0.05, 0) is 78.8 Å². The van der Waals surface area contributed by atoms with Crippen LogP contribution in [0.15, 0.2) is 85.1 Å². The lowest BCUT2D eigenvalue weighted by atomic mass is 9.75. The van der Waals surface area contributed by atoms with Crippen LogP contribution in [0, 0.1) is 11.7 Å². The third-order valence-corrected chi connectivity index (χ3v) is 9.77. The summed E-state index contributed by atoms with van der Waals surface area (Å²) in [6.45, 7) is 2.17. The van der Waals surface area contributed by atoms with E-state index in [1.165, 1.54) is 19.2 Å². The van der Waals surface area contributed by atoms with Crippen LogP contribution in [0.3, 0.4) is 0 Å². The molecule has 0 radical (unpaired) electrons. The summed E-state index contributed by atoms with van der Waals surface area (Å²) in [5.41, 5.74) is 3.03. The number of fused-ring (bicyclic) bond motifs is 3. The molecule has 9 heteroatoms. The lowest BCUT2D eigenvalue weighted by molar-refractivity contribution is -0.153. The van der Waals surface area contributed by atoms with Gasteiger partial charge in [0.2, 0.25) is 0 Å². The van der Waals surface area contributed by atoms with Gasteiger partial charge in [0.1, 0.15) is 11.5 Å². The lowest BCUT2D eigenvalue weighted by Gasteiger charge is -2.40. The molecule has 2 fully saturated rings. The van der Waals surface area contributed by atoms with E-state index < -0.39 is 17.4 Å². The fraction of sp³-hybridized carbons (Fsp3) is 0.333. The Bertz CT molecular complexity index is 1730. The molecule has 45 heavy (non-hydrogen) atoms. The number of halogens is 1. The first kappa shape index (κ1) is 29.0. The van der Waals surface area contributed by atoms with Gasteiger partial charge in [0.05, 0.1) is 19.3 Å². The predicted octanol–water partition coefficient (Wildman–Crippen LogP) is 4.87. The van der Waals surface area contributed by atoms with Crippen molar-refractivity contribution >= 4 is 17.8 Å². The molecule has 3 aliphatic rings. The van der Waals surface area contributed by atoms with Crippen molar-refractivity contribution in [1.29, 1.82) is 0 Å². The Morgan fingerprint density at radius 3 is 2.38 bits per heavy atom. The van der Waals surface area contributed by atoms with Gasteiger partial charge in [-0.2, -0.15) is 0 Å². The monoisotopic (exact) mass is 606 g/mol. The normalized spacial score (nSPS) is 21.9. The molecule has 2 amide bonds. The molecule has 230 valence electrons. The van der Waals surface area contributed by atoms with Gasteiger partial charge in [0.15, 0.2) is 5.54 Å². The van der Waals surface area contributed by atoms with Gasteiger partial charge in [0.25, 0.3) is 11.8 Å². The zero-order valence-electron chi connectivity index (χ0n) is 25.2. The number of amides is 2. The molecule has 0 unspecified atom stereocenters. The second-order valence-corrected chi connectivity index (χ2v) is 12.3. The Morgan fingerprint density at radius 1 is 0.956 bits per heavy atom. The quantitative estimate of drug-likeness (QED) is 0.280. The van der Waals surface area contributed by atoms with Gasteiger partial charge in [-0.3, -0.25) is 14.6 Å². The summed E-state index contributed by atoms with van der Waals surface area (Å²) in [5, 5.41) is 0. The SMILES string of the molecule is COC(=O)[C@@]1(Cc2ccc(F)cc2)[C@H]2c3cc(C(=O)N4CCCC4)n(Cc4ccccn4)c3C[C@H]2CN1C(=O)c1ccccc1. The number of esters is 1. The fourth-order valence-electron chi connectivity index (χ4n) is 7.81. The van der Waals surface area contributed by atoms with E-state index in [1.807, 2.05) is 35.2 Å². The van der Waals surface area contributed by atoms with Gasteiger partial charge >= 0.3 is 5.97 Å². The minimum absolute atomic E-state index is 0.0354. The van der Waals surface area contributed by atoms with Crippen LogP contribution in [0.4, 0.5) is 4.39 Å². The number of carbonyl (C=O) groups is 3. The van der Waals surface area contributed by atoms with Crippen LogP contribution >= 0.6 is 0 Å². The fourth-order valence-corrected chi connectivity index (χ4v) is 7.81. The number of carbonyl (C=O) groups excluding carboxylic acids is 3. The summed E-state index contributed by atoms with van der Waals surface area (Å²) in [6.07, 6.45) is 4.40. The Labute approximate surface area is 261 Å². The summed E-state index contributed by atoms with van der Waals surface area (Å²) in [5.74, 6) is -1.73. The number of methoxy groups -OCH3 is 1. The molecule has 2 aromatic heterocycles. The third kappa shape index (κ3) is 4.90. The smallest absolute Gasteiger partial charge is 0.332 e. The van der Waals surface area contributed by atoms with Crippen molar-refractivity contribution in [2.75, 3.05) is 26.7 Å². The molecule has 1 aliphatic carbocycles. The first-order chi connectivity index (χ1) is 21.9. The van der Waals surface area contributed by atoms with Crippen LogP contribution in [0.25, 0.3) is 0 Å². The van der Waals surface area contributed by atoms with Crippen molar-refractivity contribution in [3.8, 4) is 0 Å². The number of nitrogens with zero attached hydrogens (tertiary/aromatic N) is 4. The summed E-state index contributed by atoms with van der Waals surface area (Å²) < 4.78 is 21.6. The van der Waals surface area contributed by atoms with E-state index in [1.54, 1.807) is 47.5 Å². The molecular weight excluding hydrogens is 571 g/mol. The zero-order valence-corrected chi connectivity index (χ0v) is 25.2. The highest BCUT2D eigenvalue weighted by atomic mass is 19.1. The van der Waals surface area contributed by atoms with Crippen molar-refractivity contribution in [3.63, 3.8) is 0 Å². The first-order valence-corrected chi connectivity index (χ1v) is 15.5. The number of aromatic nitrogens is 2. The van der Waals surface area contributed by atoms with Crippen molar-refractivity contribution in [3.05, 3.63) is 125 Å². The van der Waals surface area contributed by atoms with Crippen molar-refractivity contribution in [1.82, 2.24) is 19.4 Å². The minimum atomic E-state index is -1.42. The van der Waals surface area contributed by atoms with Crippen LogP contribution in [0.1, 0.15) is 62.1 Å². The molecule has 0 bridgehead atoms. The maximum absolute atomic E-state index is 14.2. The van der Waals surface area contributed by atoms with Gasteiger partial charge in [-0.25, -0.2) is 9.18 Å². The molecule has 0 spiro atoms. The van der Waals surface area contributed by atoms with E-state index in [2.05, 4.69) is 9.55 Å². The lowest BCUT2D eigenvalue weighted by Crippen LogP contribution is -2.58. The van der Waals surface area contributed by atoms with Gasteiger partial charge in [-0.1, -0.05) is 36.4 Å². The molecule has 2 aliphatic heterocycles. The van der Waals surface area contributed by atoms with E-state index in [4.69, 9.17) is 4.74 Å². The molecule has 0 saturated carbocycles. The molecule has 2 saturated heterocycles. The van der Waals surface area contributed by atoms with E-state index in [9.17, 15) is 18.8 Å². The largest absolute Gasteiger partial charge is 0.467 e. The summed E-state index contributed by atoms with van der Waals surface area (Å²) in [4.78, 5) is 50.6. The van der Waals surface area contributed by atoms with Crippen LogP contribution in [0.2, 0.25) is 0 Å². The van der Waals surface area contributed by atoms with Crippen LogP contribution in [-0.4, -0.2) is 69.4 Å². The number of ether oxygens (including phenoxy) is 1.